The predicted molar refractivity (Wildman–Crippen MR) is 63.3 cm³/mol. The van der Waals surface area contributed by atoms with E-state index in [1.807, 2.05) is 0 Å². The SMILES string of the molecule is COC(=O)c1nccnc1NC(C)(S)Br. The third kappa shape index (κ3) is 3.67. The topological polar surface area (TPSA) is 64.1 Å². The Balaban J connectivity index is 3.02. The zero-order valence-electron chi connectivity index (χ0n) is 8.19. The highest BCUT2D eigenvalue weighted by Crippen LogP contribution is 2.24. The molecule has 0 bridgehead atoms. The van der Waals surface area contributed by atoms with Gasteiger partial charge in [0.25, 0.3) is 0 Å². The van der Waals surface area contributed by atoms with Gasteiger partial charge in [-0.15, -0.1) is 12.6 Å². The molecule has 1 heterocycles. The minimum absolute atomic E-state index is 0.125. The van der Waals surface area contributed by atoms with Gasteiger partial charge in [-0.05, 0) is 22.9 Å². The monoisotopic (exact) mass is 291 g/mol. The van der Waals surface area contributed by atoms with Gasteiger partial charge in [-0.2, -0.15) is 0 Å². The smallest absolute Gasteiger partial charge is 0.360 e. The van der Waals surface area contributed by atoms with E-state index in [9.17, 15) is 4.79 Å². The average Bonchev–Trinajstić information content (AvgIpc) is 2.15. The molecule has 0 saturated heterocycles. The summed E-state index contributed by atoms with van der Waals surface area (Å²) in [6, 6.07) is 0. The Morgan fingerprint density at radius 3 is 2.73 bits per heavy atom. The van der Waals surface area contributed by atoms with Crippen LogP contribution in [0.5, 0.6) is 0 Å². The van der Waals surface area contributed by atoms with Gasteiger partial charge in [0.1, 0.15) is 3.78 Å². The number of anilines is 1. The molecular weight excluding hydrogens is 282 g/mol. The molecule has 0 radical (unpaired) electrons. The summed E-state index contributed by atoms with van der Waals surface area (Å²) in [6.07, 6.45) is 2.89. The van der Waals surface area contributed by atoms with Crippen LogP contribution in [0.15, 0.2) is 12.4 Å². The van der Waals surface area contributed by atoms with E-state index in [0.29, 0.717) is 5.82 Å². The van der Waals surface area contributed by atoms with Crippen molar-refractivity contribution in [3.8, 4) is 0 Å². The molecule has 5 nitrogen and oxygen atoms in total. The van der Waals surface area contributed by atoms with Crippen LogP contribution in [0.4, 0.5) is 5.82 Å². The van der Waals surface area contributed by atoms with E-state index >= 15 is 0 Å². The van der Waals surface area contributed by atoms with E-state index in [0.717, 1.165) is 0 Å². The maximum Gasteiger partial charge on any atom is 0.360 e. The average molecular weight is 292 g/mol. The first kappa shape index (κ1) is 12.3. The summed E-state index contributed by atoms with van der Waals surface area (Å²) < 4.78 is 3.89. The van der Waals surface area contributed by atoms with Crippen LogP contribution < -0.4 is 5.32 Å². The number of rotatable bonds is 3. The lowest BCUT2D eigenvalue weighted by Crippen LogP contribution is -2.23. The zero-order chi connectivity index (χ0) is 11.5. The highest BCUT2D eigenvalue weighted by Gasteiger charge is 2.20. The van der Waals surface area contributed by atoms with Gasteiger partial charge in [-0.25, -0.2) is 14.8 Å². The van der Waals surface area contributed by atoms with Crippen molar-refractivity contribution in [2.75, 3.05) is 12.4 Å². The van der Waals surface area contributed by atoms with Gasteiger partial charge in [-0.1, -0.05) is 0 Å². The quantitative estimate of drug-likeness (QED) is 0.292. The van der Waals surface area contributed by atoms with Gasteiger partial charge in [0.15, 0.2) is 11.5 Å². The molecule has 0 fully saturated rings. The Hall–Kier alpha value is -0.820. The first-order valence-electron chi connectivity index (χ1n) is 4.03. The van der Waals surface area contributed by atoms with Crippen LogP contribution in [0.3, 0.4) is 0 Å². The number of nitrogens with zero attached hydrogens (tertiary/aromatic N) is 2. The Labute approximate surface area is 101 Å². The Morgan fingerprint density at radius 1 is 1.60 bits per heavy atom. The molecule has 7 heteroatoms. The maximum absolute atomic E-state index is 11.3. The normalized spacial score (nSPS) is 14.1. The van der Waals surface area contributed by atoms with Crippen molar-refractivity contribution in [1.29, 1.82) is 0 Å². The Kier molecular flexibility index (Phi) is 3.92. The van der Waals surface area contributed by atoms with Gasteiger partial charge in [0, 0.05) is 12.4 Å². The standard InChI is InChI=1S/C8H10BrN3O2S/c1-8(9,15)12-6-5(7(13)14-2)10-3-4-11-6/h3-4,15H,1-2H3,(H,11,12). The van der Waals surface area contributed by atoms with Crippen LogP contribution in [0.1, 0.15) is 17.4 Å². The number of alkyl halides is 1. The number of ether oxygens (including phenoxy) is 1. The molecule has 1 N–H and O–H groups in total. The van der Waals surface area contributed by atoms with E-state index in [-0.39, 0.29) is 5.69 Å². The van der Waals surface area contributed by atoms with Crippen molar-refractivity contribution in [2.24, 2.45) is 0 Å². The molecule has 0 aliphatic carbocycles. The third-order valence-electron chi connectivity index (χ3n) is 1.42. The lowest BCUT2D eigenvalue weighted by Gasteiger charge is -2.18. The number of methoxy groups -OCH3 is 1. The lowest BCUT2D eigenvalue weighted by atomic mass is 10.4. The van der Waals surface area contributed by atoms with Crippen LogP contribution in [-0.4, -0.2) is 26.8 Å². The minimum Gasteiger partial charge on any atom is -0.464 e. The van der Waals surface area contributed by atoms with Gasteiger partial charge >= 0.3 is 5.97 Å². The largest absolute Gasteiger partial charge is 0.464 e. The second-order valence-corrected chi connectivity index (χ2v) is 5.92. The molecule has 0 saturated carbocycles. The number of thiol groups is 1. The molecule has 1 aromatic rings. The molecule has 82 valence electrons. The second kappa shape index (κ2) is 4.80. The number of esters is 1. The molecule has 1 atom stereocenters. The summed E-state index contributed by atoms with van der Waals surface area (Å²) in [5.74, 6) is -0.227. The summed E-state index contributed by atoms with van der Waals surface area (Å²) in [6.45, 7) is 1.76. The molecule has 0 aliphatic rings. The van der Waals surface area contributed by atoms with Crippen LogP contribution in [0, 0.1) is 0 Å². The zero-order valence-corrected chi connectivity index (χ0v) is 10.7. The molecule has 1 aromatic heterocycles. The van der Waals surface area contributed by atoms with Gasteiger partial charge in [0.2, 0.25) is 0 Å². The number of carbonyl (C=O) groups is 1. The van der Waals surface area contributed by atoms with Gasteiger partial charge in [0.05, 0.1) is 7.11 Å². The first-order chi connectivity index (χ1) is 6.94. The highest BCUT2D eigenvalue weighted by molar-refractivity contribution is 9.11. The predicted octanol–water partition coefficient (Wildman–Crippen LogP) is 1.67. The van der Waals surface area contributed by atoms with Crippen LogP contribution in [0.2, 0.25) is 0 Å². The van der Waals surface area contributed by atoms with Gasteiger partial charge in [-0.3, -0.25) is 0 Å². The fourth-order valence-corrected chi connectivity index (χ4v) is 1.19. The number of halogens is 1. The Morgan fingerprint density at radius 2 is 2.20 bits per heavy atom. The lowest BCUT2D eigenvalue weighted by molar-refractivity contribution is 0.0595. The molecule has 0 amide bonds. The van der Waals surface area contributed by atoms with Crippen LogP contribution >= 0.6 is 28.6 Å². The molecule has 0 aromatic carbocycles. The van der Waals surface area contributed by atoms with Crippen molar-refractivity contribution in [2.45, 2.75) is 10.7 Å². The third-order valence-corrected chi connectivity index (χ3v) is 1.73. The summed E-state index contributed by atoms with van der Waals surface area (Å²) in [4.78, 5) is 19.2. The maximum atomic E-state index is 11.3. The number of aromatic nitrogens is 2. The van der Waals surface area contributed by atoms with E-state index in [4.69, 9.17) is 0 Å². The van der Waals surface area contributed by atoms with Crippen molar-refractivity contribution < 1.29 is 9.53 Å². The number of nitrogens with one attached hydrogen (secondary N) is 1. The van der Waals surface area contributed by atoms with E-state index in [1.54, 1.807) is 6.92 Å². The molecule has 1 rings (SSSR count). The molecular formula is C8H10BrN3O2S. The Bertz CT molecular complexity index is 367. The fourth-order valence-electron chi connectivity index (χ4n) is 0.892. The summed E-state index contributed by atoms with van der Waals surface area (Å²) >= 11 is 7.45. The van der Waals surface area contributed by atoms with Crippen molar-refractivity contribution >= 4 is 40.3 Å². The molecule has 0 aliphatic heterocycles. The molecule has 1 unspecified atom stereocenters. The van der Waals surface area contributed by atoms with Crippen LogP contribution in [-0.2, 0) is 4.74 Å². The second-order valence-electron chi connectivity index (χ2n) is 2.82. The first-order valence-corrected chi connectivity index (χ1v) is 5.27. The van der Waals surface area contributed by atoms with E-state index in [2.05, 4.69) is 48.6 Å². The highest BCUT2D eigenvalue weighted by atomic mass is 79.9. The number of hydrogen-bond acceptors (Lipinski definition) is 6. The summed E-state index contributed by atoms with van der Waals surface area (Å²) in [7, 11) is 1.29. The van der Waals surface area contributed by atoms with E-state index in [1.165, 1.54) is 19.5 Å². The summed E-state index contributed by atoms with van der Waals surface area (Å²) in [5.41, 5.74) is 0.125. The van der Waals surface area contributed by atoms with Crippen molar-refractivity contribution in [3.05, 3.63) is 18.1 Å². The van der Waals surface area contributed by atoms with Gasteiger partial charge < -0.3 is 10.1 Å². The summed E-state index contributed by atoms with van der Waals surface area (Å²) in [5, 5.41) is 2.87. The fraction of sp³-hybridized carbons (Fsp3) is 0.375. The van der Waals surface area contributed by atoms with Crippen LogP contribution in [0.25, 0.3) is 0 Å². The van der Waals surface area contributed by atoms with Crippen molar-refractivity contribution in [1.82, 2.24) is 9.97 Å². The minimum atomic E-state index is -0.675. The van der Waals surface area contributed by atoms with E-state index < -0.39 is 9.75 Å². The van der Waals surface area contributed by atoms with Crippen molar-refractivity contribution in [3.63, 3.8) is 0 Å². The number of hydrogen-bond donors (Lipinski definition) is 2. The molecule has 15 heavy (non-hydrogen) atoms. The molecule has 0 spiro atoms. The number of carbonyl (C=O) groups excluding carboxylic acids is 1.